The van der Waals surface area contributed by atoms with Gasteiger partial charge in [-0.25, -0.2) is 0 Å². The van der Waals surface area contributed by atoms with E-state index in [-0.39, 0.29) is 5.91 Å². The number of hydrogen-bond acceptors (Lipinski definition) is 1. The summed E-state index contributed by atoms with van der Waals surface area (Å²) in [6.07, 6.45) is 0. The number of hydrogen-bond donors (Lipinski definition) is 1. The van der Waals surface area contributed by atoms with E-state index in [9.17, 15) is 4.79 Å². The number of nitrogens with one attached hydrogen (secondary N) is 1. The van der Waals surface area contributed by atoms with E-state index >= 15 is 0 Å². The maximum absolute atomic E-state index is 12.2. The number of carbonyl (C=O) groups is 1. The highest BCUT2D eigenvalue weighted by Crippen LogP contribution is 2.12. The fourth-order valence-corrected chi connectivity index (χ4v) is 2.52. The highest BCUT2D eigenvalue weighted by molar-refractivity contribution is 9.08. The van der Waals surface area contributed by atoms with Crippen LogP contribution in [0, 0.1) is 13.8 Å². The third kappa shape index (κ3) is 3.70. The lowest BCUT2D eigenvalue weighted by Crippen LogP contribution is -2.23. The molecule has 0 heterocycles. The Bertz CT molecular complexity index is 622. The summed E-state index contributed by atoms with van der Waals surface area (Å²) in [5, 5.41) is 3.80. The zero-order valence-electron chi connectivity index (χ0n) is 11.7. The second kappa shape index (κ2) is 6.71. The number of rotatable bonds is 4. The van der Waals surface area contributed by atoms with Crippen LogP contribution in [-0.4, -0.2) is 5.91 Å². The van der Waals surface area contributed by atoms with Gasteiger partial charge in [-0.3, -0.25) is 4.79 Å². The Morgan fingerprint density at radius 2 is 1.85 bits per heavy atom. The standard InChI is InChI=1S/C17H18BrNO/c1-12-6-7-16(13(2)8-12)17(20)19-11-15-5-3-4-14(9-15)10-18/h3-9H,10-11H2,1-2H3,(H,19,20). The van der Waals surface area contributed by atoms with Gasteiger partial charge in [0.15, 0.2) is 0 Å². The molecule has 0 spiro atoms. The molecule has 0 bridgehead atoms. The summed E-state index contributed by atoms with van der Waals surface area (Å²) in [4.78, 5) is 12.2. The topological polar surface area (TPSA) is 29.1 Å². The number of halogens is 1. The van der Waals surface area contributed by atoms with E-state index in [2.05, 4.69) is 33.4 Å². The van der Waals surface area contributed by atoms with E-state index in [0.29, 0.717) is 6.54 Å². The van der Waals surface area contributed by atoms with Crippen molar-refractivity contribution in [3.8, 4) is 0 Å². The van der Waals surface area contributed by atoms with Gasteiger partial charge in [-0.15, -0.1) is 0 Å². The van der Waals surface area contributed by atoms with Gasteiger partial charge in [-0.05, 0) is 36.6 Å². The van der Waals surface area contributed by atoms with E-state index in [4.69, 9.17) is 0 Å². The third-order valence-electron chi connectivity index (χ3n) is 3.23. The Kier molecular flexibility index (Phi) is 4.96. The second-order valence-corrected chi connectivity index (χ2v) is 5.52. The van der Waals surface area contributed by atoms with E-state index < -0.39 is 0 Å². The highest BCUT2D eigenvalue weighted by Gasteiger charge is 2.08. The SMILES string of the molecule is Cc1ccc(C(=O)NCc2cccc(CBr)c2)c(C)c1. The van der Waals surface area contributed by atoms with Gasteiger partial charge in [0.05, 0.1) is 0 Å². The predicted octanol–water partition coefficient (Wildman–Crippen LogP) is 4.13. The first-order valence-electron chi connectivity index (χ1n) is 6.59. The predicted molar refractivity (Wildman–Crippen MR) is 86.2 cm³/mol. The molecule has 0 aliphatic rings. The van der Waals surface area contributed by atoms with Gasteiger partial charge in [-0.1, -0.05) is 57.9 Å². The zero-order chi connectivity index (χ0) is 14.5. The average Bonchev–Trinajstić information content (AvgIpc) is 2.45. The van der Waals surface area contributed by atoms with Crippen molar-refractivity contribution in [2.45, 2.75) is 25.7 Å². The molecule has 2 rings (SSSR count). The molecule has 20 heavy (non-hydrogen) atoms. The first-order chi connectivity index (χ1) is 9.60. The Balaban J connectivity index is 2.04. The Hall–Kier alpha value is -1.61. The molecule has 0 radical (unpaired) electrons. The maximum atomic E-state index is 12.2. The number of amides is 1. The minimum absolute atomic E-state index is 0.0215. The summed E-state index contributed by atoms with van der Waals surface area (Å²) in [7, 11) is 0. The van der Waals surface area contributed by atoms with Crippen molar-refractivity contribution < 1.29 is 4.79 Å². The van der Waals surface area contributed by atoms with Crippen molar-refractivity contribution in [3.63, 3.8) is 0 Å². The van der Waals surface area contributed by atoms with Crippen LogP contribution >= 0.6 is 15.9 Å². The molecule has 0 saturated carbocycles. The van der Waals surface area contributed by atoms with Crippen LogP contribution in [0.2, 0.25) is 0 Å². The quantitative estimate of drug-likeness (QED) is 0.838. The number of carbonyl (C=O) groups excluding carboxylic acids is 1. The minimum atomic E-state index is -0.0215. The first-order valence-corrected chi connectivity index (χ1v) is 7.71. The zero-order valence-corrected chi connectivity index (χ0v) is 13.3. The molecule has 104 valence electrons. The van der Waals surface area contributed by atoms with Crippen molar-refractivity contribution in [2.75, 3.05) is 0 Å². The molecule has 0 aromatic heterocycles. The number of alkyl halides is 1. The van der Waals surface area contributed by atoms with Crippen LogP contribution in [0.15, 0.2) is 42.5 Å². The second-order valence-electron chi connectivity index (χ2n) is 4.95. The fourth-order valence-electron chi connectivity index (χ4n) is 2.17. The molecule has 0 saturated heterocycles. The van der Waals surface area contributed by atoms with Crippen molar-refractivity contribution in [3.05, 3.63) is 70.3 Å². The Morgan fingerprint density at radius 3 is 2.55 bits per heavy atom. The molecule has 1 N–H and O–H groups in total. The lowest BCUT2D eigenvalue weighted by molar-refractivity contribution is 0.0950. The molecule has 2 aromatic rings. The summed E-state index contributed by atoms with van der Waals surface area (Å²) in [5.74, 6) is -0.0215. The van der Waals surface area contributed by atoms with Gasteiger partial charge in [0.1, 0.15) is 0 Å². The maximum Gasteiger partial charge on any atom is 0.251 e. The van der Waals surface area contributed by atoms with E-state index in [1.807, 2.05) is 44.2 Å². The Morgan fingerprint density at radius 1 is 1.10 bits per heavy atom. The summed E-state index contributed by atoms with van der Waals surface area (Å²) < 4.78 is 0. The lowest BCUT2D eigenvalue weighted by atomic mass is 10.1. The highest BCUT2D eigenvalue weighted by atomic mass is 79.9. The van der Waals surface area contributed by atoms with Crippen LogP contribution < -0.4 is 5.32 Å². The average molecular weight is 332 g/mol. The van der Waals surface area contributed by atoms with Crippen molar-refractivity contribution >= 4 is 21.8 Å². The summed E-state index contributed by atoms with van der Waals surface area (Å²) in [6, 6.07) is 14.1. The van der Waals surface area contributed by atoms with Gasteiger partial charge in [0, 0.05) is 17.4 Å². The summed E-state index contributed by atoms with van der Waals surface area (Å²) in [6.45, 7) is 4.54. The third-order valence-corrected chi connectivity index (χ3v) is 3.87. The molecule has 0 aliphatic heterocycles. The van der Waals surface area contributed by atoms with E-state index in [0.717, 1.165) is 22.0 Å². The first kappa shape index (κ1) is 14.8. The van der Waals surface area contributed by atoms with Crippen LogP contribution in [0.3, 0.4) is 0 Å². The van der Waals surface area contributed by atoms with E-state index in [1.165, 1.54) is 11.1 Å². The molecule has 0 atom stereocenters. The van der Waals surface area contributed by atoms with Gasteiger partial charge in [-0.2, -0.15) is 0 Å². The lowest BCUT2D eigenvalue weighted by Gasteiger charge is -2.09. The smallest absolute Gasteiger partial charge is 0.251 e. The Labute approximate surface area is 128 Å². The van der Waals surface area contributed by atoms with Gasteiger partial charge >= 0.3 is 0 Å². The molecular formula is C17H18BrNO. The molecule has 2 aromatic carbocycles. The molecule has 2 nitrogen and oxygen atoms in total. The molecule has 3 heteroatoms. The normalized spacial score (nSPS) is 10.3. The largest absolute Gasteiger partial charge is 0.348 e. The van der Waals surface area contributed by atoms with Crippen LogP contribution in [0.25, 0.3) is 0 Å². The molecule has 0 fully saturated rings. The monoisotopic (exact) mass is 331 g/mol. The fraction of sp³-hybridized carbons (Fsp3) is 0.235. The number of aryl methyl sites for hydroxylation is 2. The number of benzene rings is 2. The molecular weight excluding hydrogens is 314 g/mol. The van der Waals surface area contributed by atoms with E-state index in [1.54, 1.807) is 0 Å². The van der Waals surface area contributed by atoms with Crippen LogP contribution in [0.5, 0.6) is 0 Å². The van der Waals surface area contributed by atoms with Crippen LogP contribution in [0.4, 0.5) is 0 Å². The minimum Gasteiger partial charge on any atom is -0.348 e. The van der Waals surface area contributed by atoms with Gasteiger partial charge < -0.3 is 5.32 Å². The van der Waals surface area contributed by atoms with Crippen molar-refractivity contribution in [1.29, 1.82) is 0 Å². The molecule has 0 aliphatic carbocycles. The van der Waals surface area contributed by atoms with Crippen molar-refractivity contribution in [1.82, 2.24) is 5.32 Å². The molecule has 0 unspecified atom stereocenters. The summed E-state index contributed by atoms with van der Waals surface area (Å²) >= 11 is 3.44. The van der Waals surface area contributed by atoms with Gasteiger partial charge in [0.2, 0.25) is 0 Å². The van der Waals surface area contributed by atoms with Crippen LogP contribution in [-0.2, 0) is 11.9 Å². The van der Waals surface area contributed by atoms with Gasteiger partial charge in [0.25, 0.3) is 5.91 Å². The summed E-state index contributed by atoms with van der Waals surface area (Å²) in [5.41, 5.74) is 5.25. The van der Waals surface area contributed by atoms with Crippen molar-refractivity contribution in [2.24, 2.45) is 0 Å². The molecule has 1 amide bonds. The van der Waals surface area contributed by atoms with Crippen LogP contribution in [0.1, 0.15) is 32.6 Å².